The van der Waals surface area contributed by atoms with Gasteiger partial charge in [-0.3, -0.25) is 14.5 Å². The number of hydrogen-bond acceptors (Lipinski definition) is 7. The number of aromatic nitrogens is 1. The van der Waals surface area contributed by atoms with E-state index in [0.29, 0.717) is 28.1 Å². The first-order chi connectivity index (χ1) is 18.1. The summed E-state index contributed by atoms with van der Waals surface area (Å²) in [7, 11) is 1.59. The minimum absolute atomic E-state index is 0.314. The molecule has 7 nitrogen and oxygen atoms in total. The summed E-state index contributed by atoms with van der Waals surface area (Å²) in [6.45, 7) is 4.15. The summed E-state index contributed by atoms with van der Waals surface area (Å²) in [5.74, 6) is 0.0369. The normalized spacial score (nSPS) is 17.5. The SMILES string of the molecule is COc1ccc(N2C(=O)/C(=C\N3CCN(Cc4nc5ccccc5s4)CC3)c3ccccc3C2=O)cc1. The Bertz CT molecular complexity index is 1470. The fourth-order valence-electron chi connectivity index (χ4n) is 4.86. The van der Waals surface area contributed by atoms with Crippen molar-refractivity contribution in [2.24, 2.45) is 0 Å². The summed E-state index contributed by atoms with van der Waals surface area (Å²) in [4.78, 5) is 37.6. The molecule has 2 aliphatic heterocycles. The Labute approximate surface area is 219 Å². The molecule has 0 radical (unpaired) electrons. The van der Waals surface area contributed by atoms with E-state index in [1.54, 1.807) is 48.8 Å². The maximum atomic E-state index is 13.7. The van der Waals surface area contributed by atoms with E-state index >= 15 is 0 Å². The Balaban J connectivity index is 1.22. The van der Waals surface area contributed by atoms with Crippen LogP contribution < -0.4 is 9.64 Å². The molecule has 0 atom stereocenters. The van der Waals surface area contributed by atoms with Gasteiger partial charge in [0.15, 0.2) is 0 Å². The topological polar surface area (TPSA) is 66.0 Å². The third-order valence-corrected chi connectivity index (χ3v) is 7.85. The molecule has 0 bridgehead atoms. The smallest absolute Gasteiger partial charge is 0.267 e. The van der Waals surface area contributed by atoms with Crippen molar-refractivity contribution in [1.82, 2.24) is 14.8 Å². The Morgan fingerprint density at radius 2 is 1.57 bits per heavy atom. The van der Waals surface area contributed by atoms with E-state index in [1.165, 1.54) is 9.60 Å². The van der Waals surface area contributed by atoms with E-state index in [2.05, 4.69) is 21.9 Å². The highest BCUT2D eigenvalue weighted by Gasteiger charge is 2.36. The van der Waals surface area contributed by atoms with Crippen molar-refractivity contribution in [1.29, 1.82) is 0 Å². The first kappa shape index (κ1) is 23.4. The van der Waals surface area contributed by atoms with Gasteiger partial charge in [0.05, 0.1) is 35.1 Å². The van der Waals surface area contributed by atoms with Crippen LogP contribution in [0.4, 0.5) is 5.69 Å². The van der Waals surface area contributed by atoms with Crippen LogP contribution in [0.3, 0.4) is 0 Å². The molecule has 0 saturated carbocycles. The zero-order chi connectivity index (χ0) is 25.4. The molecule has 1 fully saturated rings. The van der Waals surface area contributed by atoms with Crippen LogP contribution in [-0.2, 0) is 11.3 Å². The minimum atomic E-state index is -0.316. The van der Waals surface area contributed by atoms with Crippen molar-refractivity contribution in [3.05, 3.63) is 95.1 Å². The lowest BCUT2D eigenvalue weighted by molar-refractivity contribution is -0.112. The monoisotopic (exact) mass is 510 g/mol. The molecule has 3 heterocycles. The van der Waals surface area contributed by atoms with Crippen molar-refractivity contribution in [2.45, 2.75) is 6.54 Å². The summed E-state index contributed by atoms with van der Waals surface area (Å²) in [5, 5.41) is 1.12. The Morgan fingerprint density at radius 1 is 0.865 bits per heavy atom. The number of methoxy groups -OCH3 is 1. The van der Waals surface area contributed by atoms with Gasteiger partial charge in [-0.1, -0.05) is 30.3 Å². The number of rotatable bonds is 5. The Kier molecular flexibility index (Phi) is 6.20. The molecule has 4 aromatic rings. The number of benzene rings is 3. The highest BCUT2D eigenvalue weighted by Crippen LogP contribution is 2.33. The van der Waals surface area contributed by atoms with Crippen LogP contribution >= 0.6 is 11.3 Å². The molecule has 8 heteroatoms. The zero-order valence-electron chi connectivity index (χ0n) is 20.5. The number of fused-ring (bicyclic) bond motifs is 2. The average Bonchev–Trinajstić information content (AvgIpc) is 3.35. The molecule has 1 aromatic heterocycles. The van der Waals surface area contributed by atoms with Gasteiger partial charge in [0.25, 0.3) is 11.8 Å². The van der Waals surface area contributed by atoms with Gasteiger partial charge in [0.1, 0.15) is 10.8 Å². The Morgan fingerprint density at radius 3 is 2.30 bits per heavy atom. The van der Waals surface area contributed by atoms with E-state index in [-0.39, 0.29) is 11.8 Å². The molecule has 0 unspecified atom stereocenters. The molecular formula is C29H26N4O3S. The number of nitrogens with zero attached hydrogens (tertiary/aromatic N) is 4. The summed E-state index contributed by atoms with van der Waals surface area (Å²) in [6, 6.07) is 22.5. The zero-order valence-corrected chi connectivity index (χ0v) is 21.3. The number of carbonyl (C=O) groups is 2. The summed E-state index contributed by atoms with van der Waals surface area (Å²) in [5.41, 5.74) is 3.32. The lowest BCUT2D eigenvalue weighted by Gasteiger charge is -2.35. The molecular weight excluding hydrogens is 484 g/mol. The molecule has 6 rings (SSSR count). The van der Waals surface area contributed by atoms with E-state index in [4.69, 9.17) is 9.72 Å². The second-order valence-corrected chi connectivity index (χ2v) is 10.2. The van der Waals surface area contributed by atoms with Crippen molar-refractivity contribution in [2.75, 3.05) is 38.2 Å². The summed E-state index contributed by atoms with van der Waals surface area (Å²) < 4.78 is 6.45. The number of thiazole rings is 1. The molecule has 0 spiro atoms. The van der Waals surface area contributed by atoms with Crippen LogP contribution in [0.25, 0.3) is 15.8 Å². The van der Waals surface area contributed by atoms with E-state index < -0.39 is 0 Å². The standard InChI is InChI=1S/C29H26N4O3S/c1-36-21-12-10-20(11-13-21)33-28(34)23-7-3-2-6-22(23)24(29(33)35)18-31-14-16-32(17-15-31)19-27-30-25-8-4-5-9-26(25)37-27/h2-13,18H,14-17,19H2,1H3/b24-18-. The third-order valence-electron chi connectivity index (χ3n) is 6.83. The number of hydrogen-bond donors (Lipinski definition) is 0. The van der Waals surface area contributed by atoms with Crippen LogP contribution in [0.15, 0.2) is 79.0 Å². The van der Waals surface area contributed by atoms with E-state index in [9.17, 15) is 9.59 Å². The maximum Gasteiger partial charge on any atom is 0.267 e. The van der Waals surface area contributed by atoms with E-state index in [0.717, 1.165) is 43.2 Å². The molecule has 186 valence electrons. The molecule has 0 aliphatic carbocycles. The van der Waals surface area contributed by atoms with Gasteiger partial charge in [0, 0.05) is 43.5 Å². The third kappa shape index (κ3) is 4.50. The summed E-state index contributed by atoms with van der Waals surface area (Å²) >= 11 is 1.75. The predicted molar refractivity (Wildman–Crippen MR) is 146 cm³/mol. The average molecular weight is 511 g/mol. The number of carbonyl (C=O) groups excluding carboxylic acids is 2. The number of amides is 2. The first-order valence-electron chi connectivity index (χ1n) is 12.3. The number of ether oxygens (including phenoxy) is 1. The minimum Gasteiger partial charge on any atom is -0.497 e. The van der Waals surface area contributed by atoms with Crippen molar-refractivity contribution >= 4 is 44.6 Å². The van der Waals surface area contributed by atoms with Gasteiger partial charge in [0.2, 0.25) is 0 Å². The highest BCUT2D eigenvalue weighted by molar-refractivity contribution is 7.18. The lowest BCUT2D eigenvalue weighted by atomic mass is 9.93. The number of para-hydroxylation sites is 1. The number of imide groups is 1. The van der Waals surface area contributed by atoms with Crippen molar-refractivity contribution in [3.63, 3.8) is 0 Å². The molecule has 2 amide bonds. The van der Waals surface area contributed by atoms with Gasteiger partial charge >= 0.3 is 0 Å². The van der Waals surface area contributed by atoms with Gasteiger partial charge in [-0.05, 0) is 42.5 Å². The van der Waals surface area contributed by atoms with Gasteiger partial charge < -0.3 is 9.64 Å². The molecule has 37 heavy (non-hydrogen) atoms. The predicted octanol–water partition coefficient (Wildman–Crippen LogP) is 4.65. The molecule has 3 aromatic carbocycles. The molecule has 0 N–H and O–H groups in total. The number of anilines is 1. The van der Waals surface area contributed by atoms with Crippen molar-refractivity contribution in [3.8, 4) is 5.75 Å². The van der Waals surface area contributed by atoms with Crippen LogP contribution in [0.1, 0.15) is 20.9 Å². The van der Waals surface area contributed by atoms with Crippen LogP contribution in [0.5, 0.6) is 5.75 Å². The quantitative estimate of drug-likeness (QED) is 0.288. The highest BCUT2D eigenvalue weighted by atomic mass is 32.1. The fraction of sp³-hybridized carbons (Fsp3) is 0.207. The van der Waals surface area contributed by atoms with Gasteiger partial charge in [-0.2, -0.15) is 0 Å². The maximum absolute atomic E-state index is 13.7. The van der Waals surface area contributed by atoms with Crippen LogP contribution in [0.2, 0.25) is 0 Å². The second kappa shape index (κ2) is 9.80. The first-order valence-corrected chi connectivity index (χ1v) is 13.1. The lowest BCUT2D eigenvalue weighted by Crippen LogP contribution is -2.45. The molecule has 2 aliphatic rings. The van der Waals surface area contributed by atoms with Crippen molar-refractivity contribution < 1.29 is 14.3 Å². The second-order valence-electron chi connectivity index (χ2n) is 9.12. The molecule has 1 saturated heterocycles. The Hall–Kier alpha value is -4.01. The van der Waals surface area contributed by atoms with Crippen LogP contribution in [0, 0.1) is 0 Å². The van der Waals surface area contributed by atoms with Gasteiger partial charge in [-0.25, -0.2) is 9.88 Å². The number of piperazine rings is 1. The van der Waals surface area contributed by atoms with Gasteiger partial charge in [-0.15, -0.1) is 11.3 Å². The summed E-state index contributed by atoms with van der Waals surface area (Å²) in [6.07, 6.45) is 1.93. The van der Waals surface area contributed by atoms with E-state index in [1.807, 2.05) is 36.5 Å². The van der Waals surface area contributed by atoms with Crippen LogP contribution in [-0.4, -0.2) is 59.9 Å². The fourth-order valence-corrected chi connectivity index (χ4v) is 5.87. The largest absolute Gasteiger partial charge is 0.497 e.